The van der Waals surface area contributed by atoms with Crippen molar-refractivity contribution in [1.82, 2.24) is 4.90 Å². The fraction of sp³-hybridized carbons (Fsp3) is 0.615. The van der Waals surface area contributed by atoms with Gasteiger partial charge in [0.25, 0.3) is 0 Å². The third-order valence-corrected chi connectivity index (χ3v) is 2.93. The zero-order valence-corrected chi connectivity index (χ0v) is 9.62. The molecule has 16 heavy (non-hydrogen) atoms. The van der Waals surface area contributed by atoms with Crippen LogP contribution in [0.3, 0.4) is 0 Å². The van der Waals surface area contributed by atoms with Gasteiger partial charge in [-0.15, -0.1) is 5.92 Å². The first-order valence-corrected chi connectivity index (χ1v) is 5.66. The highest BCUT2D eigenvalue weighted by Crippen LogP contribution is 2.25. The Morgan fingerprint density at radius 1 is 1.44 bits per heavy atom. The Morgan fingerprint density at radius 3 is 3.06 bits per heavy atom. The summed E-state index contributed by atoms with van der Waals surface area (Å²) in [7, 11) is 0. The molecular weight excluding hydrogens is 200 g/mol. The van der Waals surface area contributed by atoms with Crippen LogP contribution < -0.4 is 0 Å². The SMILES string of the molecule is CC#CCC#CCO/N=C1\CN2CCC1C2. The summed E-state index contributed by atoms with van der Waals surface area (Å²) in [5.41, 5.74) is 1.20. The van der Waals surface area contributed by atoms with Gasteiger partial charge in [-0.1, -0.05) is 22.9 Å². The van der Waals surface area contributed by atoms with Gasteiger partial charge in [0.05, 0.1) is 12.1 Å². The van der Waals surface area contributed by atoms with Gasteiger partial charge in [-0.05, 0) is 19.9 Å². The highest BCUT2D eigenvalue weighted by atomic mass is 16.6. The standard InChI is InChI=1S/C13H16N2O/c1-2-3-4-5-6-9-16-14-13-11-15-8-7-12(13)10-15/h12H,4,7-11H2,1H3/b14-13+. The molecule has 2 saturated heterocycles. The molecule has 3 heteroatoms. The topological polar surface area (TPSA) is 24.8 Å². The molecule has 0 radical (unpaired) electrons. The van der Waals surface area contributed by atoms with Gasteiger partial charge in [0.1, 0.15) is 0 Å². The molecule has 2 fully saturated rings. The van der Waals surface area contributed by atoms with E-state index in [1.54, 1.807) is 0 Å². The zero-order chi connectivity index (χ0) is 11.2. The lowest BCUT2D eigenvalue weighted by Crippen LogP contribution is -2.23. The van der Waals surface area contributed by atoms with Crippen molar-refractivity contribution in [3.63, 3.8) is 0 Å². The highest BCUT2D eigenvalue weighted by Gasteiger charge is 2.35. The molecule has 0 saturated carbocycles. The second kappa shape index (κ2) is 5.58. The number of piperidine rings is 1. The molecule has 2 unspecified atom stereocenters. The van der Waals surface area contributed by atoms with E-state index in [-0.39, 0.29) is 0 Å². The molecule has 0 aliphatic carbocycles. The van der Waals surface area contributed by atoms with E-state index >= 15 is 0 Å². The van der Waals surface area contributed by atoms with Crippen LogP contribution in [0.1, 0.15) is 19.8 Å². The maximum absolute atomic E-state index is 5.19. The first-order valence-electron chi connectivity index (χ1n) is 5.66. The van der Waals surface area contributed by atoms with Crippen LogP contribution in [0.15, 0.2) is 5.16 Å². The molecule has 0 aromatic rings. The minimum Gasteiger partial charge on any atom is -0.383 e. The zero-order valence-electron chi connectivity index (χ0n) is 9.62. The van der Waals surface area contributed by atoms with Crippen molar-refractivity contribution >= 4 is 5.71 Å². The van der Waals surface area contributed by atoms with Crippen LogP contribution in [0.4, 0.5) is 0 Å². The maximum Gasteiger partial charge on any atom is 0.177 e. The fourth-order valence-corrected chi connectivity index (χ4v) is 2.10. The molecule has 84 valence electrons. The van der Waals surface area contributed by atoms with Gasteiger partial charge in [0, 0.05) is 19.0 Å². The van der Waals surface area contributed by atoms with Crippen molar-refractivity contribution in [1.29, 1.82) is 0 Å². The molecular formula is C13H16N2O. The lowest BCUT2D eigenvalue weighted by atomic mass is 10.0. The lowest BCUT2D eigenvalue weighted by Gasteiger charge is -2.12. The molecule has 3 nitrogen and oxygen atoms in total. The van der Waals surface area contributed by atoms with E-state index in [0.717, 1.165) is 6.54 Å². The predicted molar refractivity (Wildman–Crippen MR) is 63.8 cm³/mol. The summed E-state index contributed by atoms with van der Waals surface area (Å²) in [6.07, 6.45) is 1.85. The van der Waals surface area contributed by atoms with E-state index in [2.05, 4.69) is 33.7 Å². The van der Waals surface area contributed by atoms with Crippen molar-refractivity contribution in [2.45, 2.75) is 19.8 Å². The average Bonchev–Trinajstić information content (AvgIpc) is 2.90. The van der Waals surface area contributed by atoms with Crippen molar-refractivity contribution < 1.29 is 4.84 Å². The average molecular weight is 216 g/mol. The summed E-state index contributed by atoms with van der Waals surface area (Å²) in [6, 6.07) is 0. The predicted octanol–water partition coefficient (Wildman–Crippen LogP) is 1.11. The largest absolute Gasteiger partial charge is 0.383 e. The lowest BCUT2D eigenvalue weighted by molar-refractivity contribution is 0.177. The van der Waals surface area contributed by atoms with Crippen molar-refractivity contribution in [2.24, 2.45) is 11.1 Å². The molecule has 0 aromatic heterocycles. The molecule has 2 bridgehead atoms. The van der Waals surface area contributed by atoms with Crippen LogP contribution in [-0.2, 0) is 4.84 Å². The van der Waals surface area contributed by atoms with Gasteiger partial charge in [-0.25, -0.2) is 0 Å². The Balaban J connectivity index is 1.68. The van der Waals surface area contributed by atoms with E-state index in [4.69, 9.17) is 4.84 Å². The Morgan fingerprint density at radius 2 is 2.38 bits per heavy atom. The van der Waals surface area contributed by atoms with Gasteiger partial charge >= 0.3 is 0 Å². The minimum absolute atomic E-state index is 0.377. The number of rotatable bonds is 2. The molecule has 0 aromatic carbocycles. The maximum atomic E-state index is 5.19. The first kappa shape index (κ1) is 11.0. The molecule has 0 N–H and O–H groups in total. The van der Waals surface area contributed by atoms with Crippen LogP contribution in [0.5, 0.6) is 0 Å². The summed E-state index contributed by atoms with van der Waals surface area (Å²) < 4.78 is 0. The van der Waals surface area contributed by atoms with Crippen LogP contribution in [0.2, 0.25) is 0 Å². The summed E-state index contributed by atoms with van der Waals surface area (Å²) in [5, 5.41) is 4.16. The number of hydrogen-bond acceptors (Lipinski definition) is 3. The Hall–Kier alpha value is -1.45. The Kier molecular flexibility index (Phi) is 3.86. The van der Waals surface area contributed by atoms with Gasteiger partial charge in [0.2, 0.25) is 0 Å². The van der Waals surface area contributed by atoms with Crippen LogP contribution in [-0.4, -0.2) is 36.9 Å². The van der Waals surface area contributed by atoms with Gasteiger partial charge in [0.15, 0.2) is 6.61 Å². The van der Waals surface area contributed by atoms with Gasteiger partial charge < -0.3 is 4.84 Å². The molecule has 2 rings (SSSR count). The van der Waals surface area contributed by atoms with E-state index in [1.165, 1.54) is 25.2 Å². The van der Waals surface area contributed by atoms with Crippen molar-refractivity contribution in [3.05, 3.63) is 0 Å². The normalized spacial score (nSPS) is 28.2. The minimum atomic E-state index is 0.377. The second-order valence-corrected chi connectivity index (χ2v) is 4.03. The molecule has 2 aliphatic heterocycles. The molecule has 2 heterocycles. The number of nitrogens with zero attached hydrogens (tertiary/aromatic N) is 2. The Bertz CT molecular complexity index is 392. The van der Waals surface area contributed by atoms with E-state index in [9.17, 15) is 0 Å². The van der Waals surface area contributed by atoms with E-state index in [1.807, 2.05) is 6.92 Å². The van der Waals surface area contributed by atoms with Crippen LogP contribution >= 0.6 is 0 Å². The summed E-state index contributed by atoms with van der Waals surface area (Å²) >= 11 is 0. The fourth-order valence-electron chi connectivity index (χ4n) is 2.10. The molecule has 2 atom stereocenters. The van der Waals surface area contributed by atoms with Crippen LogP contribution in [0.25, 0.3) is 0 Å². The monoisotopic (exact) mass is 216 g/mol. The number of hydrogen-bond donors (Lipinski definition) is 0. The first-order chi connectivity index (χ1) is 7.90. The van der Waals surface area contributed by atoms with Crippen molar-refractivity contribution in [2.75, 3.05) is 26.2 Å². The summed E-state index contributed by atoms with van der Waals surface area (Å²) in [4.78, 5) is 7.60. The third-order valence-electron chi connectivity index (χ3n) is 2.93. The van der Waals surface area contributed by atoms with E-state index < -0.39 is 0 Å². The molecule has 0 spiro atoms. The number of fused-ring (bicyclic) bond motifs is 2. The third kappa shape index (κ3) is 2.78. The smallest absolute Gasteiger partial charge is 0.177 e. The van der Waals surface area contributed by atoms with E-state index in [0.29, 0.717) is 18.9 Å². The Labute approximate surface area is 96.8 Å². The van der Waals surface area contributed by atoms with Crippen LogP contribution in [0, 0.1) is 29.6 Å². The van der Waals surface area contributed by atoms with Crippen molar-refractivity contribution in [3.8, 4) is 23.7 Å². The number of oxime groups is 1. The van der Waals surface area contributed by atoms with Gasteiger partial charge in [-0.2, -0.15) is 0 Å². The summed E-state index contributed by atoms with van der Waals surface area (Å²) in [6.45, 7) is 5.56. The molecule has 2 aliphatic rings. The second-order valence-electron chi connectivity index (χ2n) is 4.03. The summed E-state index contributed by atoms with van der Waals surface area (Å²) in [5.74, 6) is 12.1. The molecule has 0 amide bonds. The quantitative estimate of drug-likeness (QED) is 0.392. The van der Waals surface area contributed by atoms with Gasteiger partial charge in [-0.3, -0.25) is 4.90 Å². The highest BCUT2D eigenvalue weighted by molar-refractivity contribution is 5.91.